The third-order valence-electron chi connectivity index (χ3n) is 9.56. The molecule has 1 aliphatic heterocycles. The standard InChI is InChI=1S/C36H43FN2O2/c1-5-26-19-31(27-12-13-27)33(34-8-6-7-30(41-4)16-9-23(2)39-34)20-32(26)35(40)24(3)28-17-18-36(37,21-28)29-14-10-25(22-38)11-15-29/h10-11,14-16,19-20,23-24,27-28H,5-9,12-13,17-18,21H2,1-4H3. The van der Waals surface area contributed by atoms with Crippen molar-refractivity contribution in [1.82, 2.24) is 0 Å². The van der Waals surface area contributed by atoms with Gasteiger partial charge < -0.3 is 4.74 Å². The Morgan fingerprint density at radius 2 is 1.95 bits per heavy atom. The van der Waals surface area contributed by atoms with E-state index in [4.69, 9.17) is 15.0 Å². The number of aryl methyl sites for hydroxylation is 1. The van der Waals surface area contributed by atoms with Gasteiger partial charge in [-0.15, -0.1) is 0 Å². The fourth-order valence-electron chi connectivity index (χ4n) is 6.80. The van der Waals surface area contributed by atoms with Crippen molar-refractivity contribution in [3.05, 3.63) is 81.6 Å². The molecule has 0 spiro atoms. The SMILES string of the molecule is CCc1cc(C2CC2)c(C2=NC(C)CC=C(OC)CCC2)cc1C(=O)C(C)C1CCC(F)(c2ccc(C#N)cc2)C1. The Bertz CT molecular complexity index is 1380. The van der Waals surface area contributed by atoms with Gasteiger partial charge in [-0.25, -0.2) is 4.39 Å². The van der Waals surface area contributed by atoms with Crippen molar-refractivity contribution in [2.75, 3.05) is 7.11 Å². The van der Waals surface area contributed by atoms with E-state index >= 15 is 4.39 Å². The number of halogens is 1. The molecule has 4 unspecified atom stereocenters. The Labute approximate surface area is 244 Å². The molecule has 4 atom stereocenters. The molecule has 3 aliphatic rings. The summed E-state index contributed by atoms with van der Waals surface area (Å²) >= 11 is 0. The number of carbonyl (C=O) groups excluding carboxylic acids is 1. The quantitative estimate of drug-likeness (QED) is 0.306. The van der Waals surface area contributed by atoms with E-state index in [9.17, 15) is 4.79 Å². The van der Waals surface area contributed by atoms with Gasteiger partial charge in [0.05, 0.1) is 30.5 Å². The lowest BCUT2D eigenvalue weighted by atomic mass is 9.81. The number of ketones is 1. The number of hydrogen-bond acceptors (Lipinski definition) is 4. The number of carbonyl (C=O) groups is 1. The average molecular weight is 555 g/mol. The molecule has 0 aromatic heterocycles. The summed E-state index contributed by atoms with van der Waals surface area (Å²) < 4.78 is 21.7. The van der Waals surface area contributed by atoms with Gasteiger partial charge in [0.25, 0.3) is 0 Å². The average Bonchev–Trinajstić information content (AvgIpc) is 3.75. The summed E-state index contributed by atoms with van der Waals surface area (Å²) in [5.74, 6) is 1.40. The number of rotatable bonds is 8. The number of ether oxygens (including phenoxy) is 1. The molecule has 0 bridgehead atoms. The van der Waals surface area contributed by atoms with Gasteiger partial charge in [-0.2, -0.15) is 5.26 Å². The zero-order chi connectivity index (χ0) is 29.1. The van der Waals surface area contributed by atoms with Crippen LogP contribution < -0.4 is 0 Å². The van der Waals surface area contributed by atoms with Crippen LogP contribution in [0.2, 0.25) is 0 Å². The molecule has 2 aromatic carbocycles. The van der Waals surface area contributed by atoms with Crippen LogP contribution in [0.25, 0.3) is 0 Å². The van der Waals surface area contributed by atoms with Crippen molar-refractivity contribution in [2.45, 2.75) is 103 Å². The van der Waals surface area contributed by atoms with E-state index in [-0.39, 0.29) is 23.7 Å². The third kappa shape index (κ3) is 6.32. The molecule has 5 rings (SSSR count). The highest BCUT2D eigenvalue weighted by molar-refractivity contribution is 6.06. The van der Waals surface area contributed by atoms with E-state index in [1.54, 1.807) is 31.4 Å². The Morgan fingerprint density at radius 1 is 1.20 bits per heavy atom. The molecule has 0 amide bonds. The predicted octanol–water partition coefficient (Wildman–Crippen LogP) is 8.76. The molecule has 2 aromatic rings. The van der Waals surface area contributed by atoms with Gasteiger partial charge in [0, 0.05) is 23.6 Å². The minimum atomic E-state index is -1.46. The lowest BCUT2D eigenvalue weighted by Crippen LogP contribution is -2.24. The zero-order valence-electron chi connectivity index (χ0n) is 25.0. The first kappa shape index (κ1) is 29.2. The van der Waals surface area contributed by atoms with Gasteiger partial charge in [0.15, 0.2) is 5.78 Å². The van der Waals surface area contributed by atoms with Gasteiger partial charge in [-0.1, -0.05) is 32.0 Å². The summed E-state index contributed by atoms with van der Waals surface area (Å²) in [6, 6.07) is 13.5. The second-order valence-electron chi connectivity index (χ2n) is 12.4. The van der Waals surface area contributed by atoms with E-state index in [1.807, 2.05) is 6.92 Å². The maximum Gasteiger partial charge on any atom is 0.166 e. The van der Waals surface area contributed by atoms with E-state index in [1.165, 1.54) is 18.4 Å². The summed E-state index contributed by atoms with van der Waals surface area (Å²) in [5.41, 5.74) is 5.18. The number of methoxy groups -OCH3 is 1. The molecule has 4 nitrogen and oxygen atoms in total. The van der Waals surface area contributed by atoms with Crippen molar-refractivity contribution in [2.24, 2.45) is 16.8 Å². The topological polar surface area (TPSA) is 62.4 Å². The highest BCUT2D eigenvalue weighted by atomic mass is 19.1. The predicted molar refractivity (Wildman–Crippen MR) is 162 cm³/mol. The third-order valence-corrected chi connectivity index (χ3v) is 9.56. The number of Topliss-reactive ketones (excluding diaryl/α,β-unsaturated/α-hetero) is 1. The molecule has 0 saturated heterocycles. The minimum Gasteiger partial charge on any atom is -0.501 e. The Hall–Kier alpha value is -3.26. The second-order valence-corrected chi connectivity index (χ2v) is 12.4. The van der Waals surface area contributed by atoms with Crippen LogP contribution in [0.3, 0.4) is 0 Å². The smallest absolute Gasteiger partial charge is 0.166 e. The molecular formula is C36H43FN2O2. The van der Waals surface area contributed by atoms with E-state index < -0.39 is 5.67 Å². The minimum absolute atomic E-state index is 0.0276. The van der Waals surface area contributed by atoms with Gasteiger partial charge in [-0.3, -0.25) is 9.79 Å². The van der Waals surface area contributed by atoms with E-state index in [0.29, 0.717) is 36.3 Å². The normalized spacial score (nSPS) is 25.7. The van der Waals surface area contributed by atoms with Crippen molar-refractivity contribution >= 4 is 11.5 Å². The van der Waals surface area contributed by atoms with Gasteiger partial charge in [-0.05, 0) is 123 Å². The molecule has 5 heteroatoms. The molecule has 2 fully saturated rings. The molecule has 0 radical (unpaired) electrons. The van der Waals surface area contributed by atoms with Crippen LogP contribution in [-0.4, -0.2) is 24.6 Å². The van der Waals surface area contributed by atoms with E-state index in [0.717, 1.165) is 60.3 Å². The molecular weight excluding hydrogens is 511 g/mol. The lowest BCUT2D eigenvalue weighted by Gasteiger charge is -2.24. The number of benzene rings is 2. The fraction of sp³-hybridized carbons (Fsp3) is 0.528. The van der Waals surface area contributed by atoms with Crippen LogP contribution in [0.5, 0.6) is 0 Å². The number of alkyl halides is 1. The molecule has 216 valence electrons. The number of aliphatic imine (C=N–C) groups is 1. The van der Waals surface area contributed by atoms with Crippen LogP contribution >= 0.6 is 0 Å². The largest absolute Gasteiger partial charge is 0.501 e. The number of hydrogen-bond donors (Lipinski definition) is 0. The molecule has 1 heterocycles. The highest BCUT2D eigenvalue weighted by Crippen LogP contribution is 2.49. The van der Waals surface area contributed by atoms with Crippen molar-refractivity contribution in [3.63, 3.8) is 0 Å². The summed E-state index contributed by atoms with van der Waals surface area (Å²) in [5, 5.41) is 9.12. The molecule has 41 heavy (non-hydrogen) atoms. The Balaban J connectivity index is 1.43. The number of nitrogens with zero attached hydrogens (tertiary/aromatic N) is 2. The van der Waals surface area contributed by atoms with Gasteiger partial charge in [0.2, 0.25) is 0 Å². The second kappa shape index (κ2) is 12.3. The maximum atomic E-state index is 16.1. The lowest BCUT2D eigenvalue weighted by molar-refractivity contribution is 0.0871. The molecule has 0 N–H and O–H groups in total. The van der Waals surface area contributed by atoms with Crippen LogP contribution in [0.4, 0.5) is 4.39 Å². The van der Waals surface area contributed by atoms with Crippen molar-refractivity contribution in [1.29, 1.82) is 5.26 Å². The Morgan fingerprint density at radius 3 is 2.61 bits per heavy atom. The van der Waals surface area contributed by atoms with Crippen LogP contribution in [0.15, 0.2) is 53.2 Å². The number of allylic oxidation sites excluding steroid dienone is 1. The molecule has 2 aliphatic carbocycles. The first-order valence-corrected chi connectivity index (χ1v) is 15.5. The van der Waals surface area contributed by atoms with Gasteiger partial charge in [0.1, 0.15) is 5.67 Å². The molecule has 2 saturated carbocycles. The highest BCUT2D eigenvalue weighted by Gasteiger charge is 2.44. The van der Waals surface area contributed by atoms with Crippen LogP contribution in [0.1, 0.15) is 123 Å². The van der Waals surface area contributed by atoms with E-state index in [2.05, 4.69) is 38.1 Å². The van der Waals surface area contributed by atoms with Gasteiger partial charge >= 0.3 is 0 Å². The zero-order valence-corrected chi connectivity index (χ0v) is 25.0. The summed E-state index contributed by atoms with van der Waals surface area (Å²) in [6.07, 6.45) is 10.3. The van der Waals surface area contributed by atoms with Crippen molar-refractivity contribution in [3.8, 4) is 6.07 Å². The maximum absolute atomic E-state index is 16.1. The summed E-state index contributed by atoms with van der Waals surface area (Å²) in [7, 11) is 1.74. The summed E-state index contributed by atoms with van der Waals surface area (Å²) in [4.78, 5) is 19.4. The monoisotopic (exact) mass is 554 g/mol. The number of nitriles is 1. The van der Waals surface area contributed by atoms with Crippen molar-refractivity contribution < 1.29 is 13.9 Å². The van der Waals surface area contributed by atoms with Crippen LogP contribution in [0, 0.1) is 23.2 Å². The first-order valence-electron chi connectivity index (χ1n) is 15.5. The van der Waals surface area contributed by atoms with Crippen LogP contribution in [-0.2, 0) is 16.8 Å². The fourth-order valence-corrected chi connectivity index (χ4v) is 6.80. The first-order chi connectivity index (χ1) is 19.8. The Kier molecular flexibility index (Phi) is 8.78. The summed E-state index contributed by atoms with van der Waals surface area (Å²) in [6.45, 7) is 6.26.